The Labute approximate surface area is 277 Å². The van der Waals surface area contributed by atoms with E-state index in [2.05, 4.69) is 20.9 Å². The molecule has 2 heterocycles. The standard InChI is InChI=1S/C33H43ClF3N5O5/c1-31(2,3)26(40-30(46)41-32(4,5)6)29(45)42-15-21(19-10-12-20(34)13-11-19)22(16-42)27(44)38-23(14-18-8-7-9-18)25(43)28-39-24(17-47-28)33(35,36)37/h10-13,17-18,21-23,26H,7-9,14-16H2,1-6H3,(H,38,44)(H2,40,41,46)/t21?,22?,23?,26-/m1/s1. The molecule has 4 rings (SSSR count). The average molecular weight is 682 g/mol. The molecule has 14 heteroatoms. The van der Waals surface area contributed by atoms with E-state index in [1.165, 1.54) is 4.90 Å². The second kappa shape index (κ2) is 13.9. The van der Waals surface area contributed by atoms with Crippen LogP contribution in [-0.2, 0) is 15.8 Å². The molecule has 3 unspecified atom stereocenters. The molecule has 3 N–H and O–H groups in total. The molecule has 1 aromatic heterocycles. The van der Waals surface area contributed by atoms with Crippen LogP contribution in [0.3, 0.4) is 0 Å². The fraction of sp³-hybridized carbons (Fsp3) is 0.606. The second-order valence-corrected chi connectivity index (χ2v) is 15.1. The van der Waals surface area contributed by atoms with Gasteiger partial charge in [0.25, 0.3) is 5.89 Å². The van der Waals surface area contributed by atoms with Gasteiger partial charge < -0.3 is 25.3 Å². The summed E-state index contributed by atoms with van der Waals surface area (Å²) in [5.74, 6) is -3.71. The highest BCUT2D eigenvalue weighted by atomic mass is 35.5. The Kier molecular flexibility index (Phi) is 10.7. The quantitative estimate of drug-likeness (QED) is 0.280. The summed E-state index contributed by atoms with van der Waals surface area (Å²) >= 11 is 6.13. The number of amides is 4. The van der Waals surface area contributed by atoms with Crippen molar-refractivity contribution >= 4 is 35.2 Å². The number of aromatic nitrogens is 1. The van der Waals surface area contributed by atoms with Gasteiger partial charge >= 0.3 is 12.2 Å². The number of hydrogen-bond acceptors (Lipinski definition) is 6. The zero-order valence-electron chi connectivity index (χ0n) is 27.5. The Morgan fingerprint density at radius 1 is 1.00 bits per heavy atom. The summed E-state index contributed by atoms with van der Waals surface area (Å²) in [7, 11) is 0. The van der Waals surface area contributed by atoms with Gasteiger partial charge in [-0.25, -0.2) is 9.78 Å². The molecule has 1 saturated heterocycles. The van der Waals surface area contributed by atoms with Crippen molar-refractivity contribution in [2.45, 2.75) is 96.9 Å². The number of ketones is 1. The summed E-state index contributed by atoms with van der Waals surface area (Å²) in [4.78, 5) is 59.2. The normalized spacial score (nSPS) is 20.3. The third-order valence-corrected chi connectivity index (χ3v) is 8.83. The first-order valence-corrected chi connectivity index (χ1v) is 16.1. The number of benzene rings is 1. The molecule has 1 saturated carbocycles. The van der Waals surface area contributed by atoms with E-state index in [9.17, 15) is 32.3 Å². The highest BCUT2D eigenvalue weighted by Crippen LogP contribution is 2.37. The molecule has 0 spiro atoms. The maximum Gasteiger partial charge on any atom is 0.436 e. The van der Waals surface area contributed by atoms with E-state index in [0.29, 0.717) is 11.3 Å². The molecule has 258 valence electrons. The van der Waals surface area contributed by atoms with Crippen molar-refractivity contribution in [2.75, 3.05) is 13.1 Å². The smallest absolute Gasteiger partial charge is 0.436 e. The summed E-state index contributed by atoms with van der Waals surface area (Å²) in [5, 5.41) is 8.88. The van der Waals surface area contributed by atoms with Crippen LogP contribution in [0.2, 0.25) is 5.02 Å². The molecule has 2 aromatic rings. The van der Waals surface area contributed by atoms with Crippen LogP contribution in [-0.4, -0.2) is 64.2 Å². The molecule has 1 aliphatic heterocycles. The number of urea groups is 1. The predicted octanol–water partition coefficient (Wildman–Crippen LogP) is 5.96. The van der Waals surface area contributed by atoms with E-state index in [1.54, 1.807) is 24.3 Å². The zero-order valence-corrected chi connectivity index (χ0v) is 28.2. The Hall–Kier alpha value is -3.61. The second-order valence-electron chi connectivity index (χ2n) is 14.6. The number of hydrogen-bond donors (Lipinski definition) is 3. The number of oxazole rings is 1. The van der Waals surface area contributed by atoms with Gasteiger partial charge in [-0.15, -0.1) is 0 Å². The van der Waals surface area contributed by atoms with E-state index in [1.807, 2.05) is 41.5 Å². The molecule has 47 heavy (non-hydrogen) atoms. The van der Waals surface area contributed by atoms with Crippen molar-refractivity contribution in [1.82, 2.24) is 25.8 Å². The average Bonchev–Trinajstić information content (AvgIpc) is 3.60. The zero-order chi connectivity index (χ0) is 34.9. The minimum absolute atomic E-state index is 0.0192. The van der Waals surface area contributed by atoms with E-state index in [-0.39, 0.29) is 31.3 Å². The van der Waals surface area contributed by atoms with Gasteiger partial charge in [0.15, 0.2) is 5.69 Å². The summed E-state index contributed by atoms with van der Waals surface area (Å²) in [6, 6.07) is 4.27. The first-order valence-electron chi connectivity index (χ1n) is 15.7. The van der Waals surface area contributed by atoms with Gasteiger partial charge in [0.05, 0.1) is 12.0 Å². The Morgan fingerprint density at radius 3 is 2.15 bits per heavy atom. The van der Waals surface area contributed by atoms with Crippen molar-refractivity contribution in [3.05, 3.63) is 52.7 Å². The third-order valence-electron chi connectivity index (χ3n) is 8.58. The van der Waals surface area contributed by atoms with E-state index in [4.69, 9.17) is 16.0 Å². The van der Waals surface area contributed by atoms with Crippen LogP contribution in [0.15, 0.2) is 34.9 Å². The van der Waals surface area contributed by atoms with Crippen LogP contribution < -0.4 is 16.0 Å². The molecule has 2 aliphatic rings. The lowest BCUT2D eigenvalue weighted by Crippen LogP contribution is -2.58. The first-order chi connectivity index (χ1) is 21.7. The number of halogens is 4. The van der Waals surface area contributed by atoms with E-state index < -0.39 is 70.4 Å². The number of rotatable bonds is 9. The molecule has 4 amide bonds. The molecule has 10 nitrogen and oxygen atoms in total. The molecular formula is C33H43ClF3N5O5. The van der Waals surface area contributed by atoms with Gasteiger partial charge in [-0.1, -0.05) is 63.8 Å². The lowest BCUT2D eigenvalue weighted by molar-refractivity contribution is -0.141. The number of carbonyl (C=O) groups is 4. The molecule has 2 fully saturated rings. The molecule has 0 radical (unpaired) electrons. The van der Waals surface area contributed by atoms with Crippen LogP contribution >= 0.6 is 11.6 Å². The van der Waals surface area contributed by atoms with Crippen molar-refractivity contribution in [3.8, 4) is 0 Å². The highest BCUT2D eigenvalue weighted by Gasteiger charge is 2.46. The first kappa shape index (κ1) is 36.2. The summed E-state index contributed by atoms with van der Waals surface area (Å²) in [5.41, 5.74) is -1.83. The molecule has 0 bridgehead atoms. The Bertz CT molecular complexity index is 1460. The number of Topliss-reactive ketones (excluding diaryl/α,β-unsaturated/α-hetero) is 1. The van der Waals surface area contributed by atoms with Crippen LogP contribution in [0.4, 0.5) is 18.0 Å². The largest absolute Gasteiger partial charge is 0.442 e. The monoisotopic (exact) mass is 681 g/mol. The summed E-state index contributed by atoms with van der Waals surface area (Å²) in [6.07, 6.45) is -1.61. The fourth-order valence-corrected chi connectivity index (χ4v) is 6.00. The maximum atomic E-state index is 14.0. The maximum absolute atomic E-state index is 14.0. The molecule has 1 aliphatic carbocycles. The third kappa shape index (κ3) is 9.27. The van der Waals surface area contributed by atoms with Crippen LogP contribution in [0.1, 0.15) is 95.1 Å². The number of nitrogens with one attached hydrogen (secondary N) is 3. The van der Waals surface area contributed by atoms with Gasteiger partial charge in [0.1, 0.15) is 12.3 Å². The lowest BCUT2D eigenvalue weighted by atomic mass is 9.80. The number of likely N-dealkylation sites (tertiary alicyclic amines) is 1. The number of carbonyl (C=O) groups excluding carboxylic acids is 4. The lowest BCUT2D eigenvalue weighted by Gasteiger charge is -2.34. The van der Waals surface area contributed by atoms with E-state index in [0.717, 1.165) is 24.8 Å². The minimum Gasteiger partial charge on any atom is -0.442 e. The Morgan fingerprint density at radius 2 is 1.64 bits per heavy atom. The Balaban J connectivity index is 1.60. The van der Waals surface area contributed by atoms with Crippen molar-refractivity contribution in [3.63, 3.8) is 0 Å². The topological polar surface area (TPSA) is 134 Å². The van der Waals surface area contributed by atoms with Crippen molar-refractivity contribution < 1.29 is 36.8 Å². The van der Waals surface area contributed by atoms with Gasteiger partial charge in [-0.05, 0) is 56.2 Å². The van der Waals surface area contributed by atoms with Crippen molar-refractivity contribution in [2.24, 2.45) is 17.3 Å². The number of nitrogens with zero attached hydrogens (tertiary/aromatic N) is 2. The van der Waals surface area contributed by atoms with Crippen LogP contribution in [0.25, 0.3) is 0 Å². The molecule has 4 atom stereocenters. The van der Waals surface area contributed by atoms with Gasteiger partial charge in [-0.3, -0.25) is 14.4 Å². The van der Waals surface area contributed by atoms with E-state index >= 15 is 0 Å². The van der Waals surface area contributed by atoms with Crippen LogP contribution in [0, 0.1) is 17.3 Å². The van der Waals surface area contributed by atoms with Gasteiger partial charge in [-0.2, -0.15) is 13.2 Å². The summed E-state index contributed by atoms with van der Waals surface area (Å²) in [6.45, 7) is 11.1. The van der Waals surface area contributed by atoms with Gasteiger partial charge in [0.2, 0.25) is 17.6 Å². The minimum atomic E-state index is -4.80. The number of alkyl halides is 3. The molecule has 1 aromatic carbocycles. The van der Waals surface area contributed by atoms with Crippen molar-refractivity contribution in [1.29, 1.82) is 0 Å². The summed E-state index contributed by atoms with van der Waals surface area (Å²) < 4.78 is 44.5. The fourth-order valence-electron chi connectivity index (χ4n) is 5.87. The molecular weight excluding hydrogens is 639 g/mol. The highest BCUT2D eigenvalue weighted by molar-refractivity contribution is 6.30. The van der Waals surface area contributed by atoms with Gasteiger partial charge in [0, 0.05) is 29.6 Å². The SMILES string of the molecule is CC(C)(C)NC(=O)N[C@H](C(=O)N1CC(C(=O)NC(CC2CCC2)C(=O)c2nc(C(F)(F)F)co2)C(c2ccc(Cl)cc2)C1)C(C)(C)C. The van der Waals surface area contributed by atoms with Crippen LogP contribution in [0.5, 0.6) is 0 Å². The predicted molar refractivity (Wildman–Crippen MR) is 169 cm³/mol.